The Morgan fingerprint density at radius 1 is 0.963 bits per heavy atom. The van der Waals surface area contributed by atoms with E-state index in [-0.39, 0.29) is 18.8 Å². The van der Waals surface area contributed by atoms with Gasteiger partial charge in [-0.1, -0.05) is 30.3 Å². The van der Waals surface area contributed by atoms with Crippen molar-refractivity contribution in [1.82, 2.24) is 10.0 Å². The van der Waals surface area contributed by atoms with E-state index in [1.54, 1.807) is 42.5 Å². The maximum atomic E-state index is 12.0. The molecule has 3 rings (SSSR count). The van der Waals surface area contributed by atoms with Crippen LogP contribution in [0.4, 0.5) is 10.5 Å². The minimum absolute atomic E-state index is 0.1000. The molecule has 0 spiro atoms. The van der Waals surface area contributed by atoms with Crippen molar-refractivity contribution in [3.63, 3.8) is 0 Å². The van der Waals surface area contributed by atoms with Crippen molar-refractivity contribution in [2.75, 3.05) is 31.6 Å². The number of rotatable bonds is 7. The lowest BCUT2D eigenvalue weighted by atomic mass is 10.2. The quantitative estimate of drug-likeness (QED) is 0.623. The average Bonchev–Trinajstić information content (AvgIpc) is 2.66. The molecule has 27 heavy (non-hydrogen) atoms. The number of hydrogen-bond donors (Lipinski definition) is 3. The molecule has 144 valence electrons. The summed E-state index contributed by atoms with van der Waals surface area (Å²) >= 11 is 0. The Morgan fingerprint density at radius 3 is 2.48 bits per heavy atom. The van der Waals surface area contributed by atoms with Crippen molar-refractivity contribution in [3.05, 3.63) is 54.1 Å². The van der Waals surface area contributed by atoms with E-state index in [1.807, 2.05) is 6.07 Å². The van der Waals surface area contributed by atoms with Gasteiger partial charge in [-0.25, -0.2) is 17.9 Å². The monoisotopic (exact) mass is 391 g/mol. The molecule has 2 aromatic carbocycles. The number of carbonyl (C=O) groups is 1. The number of nitrogens with one attached hydrogen (secondary N) is 3. The van der Waals surface area contributed by atoms with Crippen LogP contribution in [0.5, 0.6) is 11.5 Å². The second-order valence-corrected chi connectivity index (χ2v) is 7.69. The van der Waals surface area contributed by atoms with Crippen molar-refractivity contribution in [2.24, 2.45) is 0 Å². The summed E-state index contributed by atoms with van der Waals surface area (Å²) in [5, 5.41) is 5.27. The third-order valence-electron chi connectivity index (χ3n) is 3.73. The van der Waals surface area contributed by atoms with Crippen LogP contribution < -0.4 is 24.8 Å². The maximum Gasteiger partial charge on any atom is 0.319 e. The second kappa shape index (κ2) is 8.74. The van der Waals surface area contributed by atoms with Gasteiger partial charge in [0.1, 0.15) is 13.2 Å². The van der Waals surface area contributed by atoms with Crippen molar-refractivity contribution in [3.8, 4) is 11.5 Å². The Bertz CT molecular complexity index is 887. The van der Waals surface area contributed by atoms with Gasteiger partial charge >= 0.3 is 6.03 Å². The molecule has 2 amide bonds. The molecular formula is C18H21N3O5S. The Morgan fingerprint density at radius 2 is 1.70 bits per heavy atom. The van der Waals surface area contributed by atoms with Gasteiger partial charge in [-0.15, -0.1) is 0 Å². The highest BCUT2D eigenvalue weighted by atomic mass is 32.2. The summed E-state index contributed by atoms with van der Waals surface area (Å²) in [4.78, 5) is 11.9. The summed E-state index contributed by atoms with van der Waals surface area (Å²) in [6.45, 7) is 1.22. The lowest BCUT2D eigenvalue weighted by molar-refractivity contribution is 0.171. The third kappa shape index (κ3) is 5.87. The Labute approximate surface area is 157 Å². The highest BCUT2D eigenvalue weighted by Crippen LogP contribution is 2.32. The van der Waals surface area contributed by atoms with Crippen molar-refractivity contribution >= 4 is 21.7 Å². The van der Waals surface area contributed by atoms with Crippen LogP contribution in [-0.2, 0) is 15.8 Å². The van der Waals surface area contributed by atoms with E-state index < -0.39 is 16.1 Å². The summed E-state index contributed by atoms with van der Waals surface area (Å²) in [5.41, 5.74) is 1.26. The minimum Gasteiger partial charge on any atom is -0.486 e. The first-order valence-corrected chi connectivity index (χ1v) is 10.1. The number of amides is 2. The molecule has 0 aromatic heterocycles. The van der Waals surface area contributed by atoms with Gasteiger partial charge in [0.2, 0.25) is 10.0 Å². The molecule has 0 saturated heterocycles. The molecule has 3 N–H and O–H groups in total. The average molecular weight is 391 g/mol. The predicted octanol–water partition coefficient (Wildman–Crippen LogP) is 1.70. The van der Waals surface area contributed by atoms with E-state index in [0.29, 0.717) is 36.0 Å². The van der Waals surface area contributed by atoms with Gasteiger partial charge < -0.3 is 20.1 Å². The third-order valence-corrected chi connectivity index (χ3v) is 5.09. The lowest BCUT2D eigenvalue weighted by Crippen LogP contribution is -2.37. The molecular weight excluding hydrogens is 370 g/mol. The molecule has 2 aromatic rings. The topological polar surface area (TPSA) is 106 Å². The largest absolute Gasteiger partial charge is 0.486 e. The molecule has 0 saturated carbocycles. The summed E-state index contributed by atoms with van der Waals surface area (Å²) in [6.07, 6.45) is 0. The molecule has 1 aliphatic heterocycles. The highest BCUT2D eigenvalue weighted by Gasteiger charge is 2.13. The Balaban J connectivity index is 1.40. The summed E-state index contributed by atoms with van der Waals surface area (Å²) in [6, 6.07) is 13.6. The molecule has 0 atom stereocenters. The zero-order valence-corrected chi connectivity index (χ0v) is 15.4. The molecule has 9 heteroatoms. The molecule has 0 aliphatic carbocycles. The SMILES string of the molecule is O=C(NCCNS(=O)(=O)Cc1ccccc1)Nc1ccc2c(c1)OCCO2. The van der Waals surface area contributed by atoms with E-state index in [9.17, 15) is 13.2 Å². The van der Waals surface area contributed by atoms with Gasteiger partial charge in [0, 0.05) is 24.8 Å². The number of carbonyl (C=O) groups excluding carboxylic acids is 1. The van der Waals surface area contributed by atoms with Crippen LogP contribution in [0.15, 0.2) is 48.5 Å². The summed E-state index contributed by atoms with van der Waals surface area (Å²) in [5.74, 6) is 1.12. The predicted molar refractivity (Wildman–Crippen MR) is 102 cm³/mol. The van der Waals surface area contributed by atoms with Gasteiger partial charge in [0.05, 0.1) is 5.75 Å². The fourth-order valence-corrected chi connectivity index (χ4v) is 3.67. The van der Waals surface area contributed by atoms with E-state index in [1.165, 1.54) is 0 Å². The number of ether oxygens (including phenoxy) is 2. The number of anilines is 1. The van der Waals surface area contributed by atoms with E-state index in [2.05, 4.69) is 15.4 Å². The summed E-state index contributed by atoms with van der Waals surface area (Å²) < 4.78 is 37.4. The Hall–Kier alpha value is -2.78. The molecule has 1 heterocycles. The number of sulfonamides is 1. The van der Waals surface area contributed by atoms with Crippen LogP contribution in [0, 0.1) is 0 Å². The standard InChI is InChI=1S/C18H21N3O5S/c22-18(21-15-6-7-16-17(12-15)26-11-10-25-16)19-8-9-20-27(23,24)13-14-4-2-1-3-5-14/h1-7,12,20H,8-11,13H2,(H2,19,21,22). The normalized spacial score (nSPS) is 13.0. The van der Waals surface area contributed by atoms with Crippen molar-refractivity contribution < 1.29 is 22.7 Å². The number of fused-ring (bicyclic) bond motifs is 1. The van der Waals surface area contributed by atoms with Crippen LogP contribution in [0.1, 0.15) is 5.56 Å². The van der Waals surface area contributed by atoms with Crippen LogP contribution in [0.3, 0.4) is 0 Å². The first kappa shape index (κ1) is 19.0. The fourth-order valence-electron chi connectivity index (χ4n) is 2.52. The highest BCUT2D eigenvalue weighted by molar-refractivity contribution is 7.88. The fraction of sp³-hybridized carbons (Fsp3) is 0.278. The second-order valence-electron chi connectivity index (χ2n) is 5.88. The van der Waals surface area contributed by atoms with Crippen LogP contribution in [-0.4, -0.2) is 40.8 Å². The molecule has 8 nitrogen and oxygen atoms in total. The van der Waals surface area contributed by atoms with Gasteiger partial charge in [0.15, 0.2) is 11.5 Å². The van der Waals surface area contributed by atoms with Gasteiger partial charge in [-0.2, -0.15) is 0 Å². The van der Waals surface area contributed by atoms with Gasteiger partial charge in [-0.3, -0.25) is 0 Å². The van der Waals surface area contributed by atoms with Crippen molar-refractivity contribution in [2.45, 2.75) is 5.75 Å². The zero-order chi connectivity index (χ0) is 19.1. The zero-order valence-electron chi connectivity index (χ0n) is 14.6. The maximum absolute atomic E-state index is 12.0. The number of benzene rings is 2. The molecule has 0 fully saturated rings. The minimum atomic E-state index is -3.45. The van der Waals surface area contributed by atoms with Crippen LogP contribution >= 0.6 is 0 Å². The Kier molecular flexibility index (Phi) is 6.15. The van der Waals surface area contributed by atoms with Crippen LogP contribution in [0.25, 0.3) is 0 Å². The van der Waals surface area contributed by atoms with Crippen LogP contribution in [0.2, 0.25) is 0 Å². The molecule has 0 bridgehead atoms. The van der Waals surface area contributed by atoms with Gasteiger partial charge in [0.25, 0.3) is 0 Å². The van der Waals surface area contributed by atoms with E-state index in [0.717, 1.165) is 0 Å². The molecule has 0 unspecified atom stereocenters. The molecule has 0 radical (unpaired) electrons. The molecule has 1 aliphatic rings. The van der Waals surface area contributed by atoms with Gasteiger partial charge in [-0.05, 0) is 17.7 Å². The first-order chi connectivity index (χ1) is 13.0. The van der Waals surface area contributed by atoms with E-state index in [4.69, 9.17) is 9.47 Å². The smallest absolute Gasteiger partial charge is 0.319 e. The number of urea groups is 1. The van der Waals surface area contributed by atoms with E-state index >= 15 is 0 Å². The summed E-state index contributed by atoms with van der Waals surface area (Å²) in [7, 11) is -3.45. The number of hydrogen-bond acceptors (Lipinski definition) is 5. The van der Waals surface area contributed by atoms with Crippen molar-refractivity contribution in [1.29, 1.82) is 0 Å². The lowest BCUT2D eigenvalue weighted by Gasteiger charge is -2.19. The first-order valence-electron chi connectivity index (χ1n) is 8.48.